The maximum Gasteiger partial charge on any atom is 0.227 e. The summed E-state index contributed by atoms with van der Waals surface area (Å²) in [5.74, 6) is 0.765. The van der Waals surface area contributed by atoms with Crippen molar-refractivity contribution in [2.75, 3.05) is 26.7 Å². The van der Waals surface area contributed by atoms with Crippen LogP contribution in [0.4, 0.5) is 0 Å². The monoisotopic (exact) mass is 266 g/mol. The molecule has 2 rings (SSSR count). The molecule has 19 heavy (non-hydrogen) atoms. The molecule has 1 amide bonds. The lowest BCUT2D eigenvalue weighted by molar-refractivity contribution is -0.130. The van der Waals surface area contributed by atoms with Crippen molar-refractivity contribution in [2.24, 2.45) is 11.3 Å². The molecule has 0 aromatic heterocycles. The Morgan fingerprint density at radius 3 is 2.58 bits per heavy atom. The van der Waals surface area contributed by atoms with Crippen LogP contribution in [0.3, 0.4) is 0 Å². The molecule has 1 aliphatic heterocycles. The van der Waals surface area contributed by atoms with E-state index in [0.29, 0.717) is 18.9 Å². The minimum Gasteiger partial charge on any atom is -0.359 e. The second-order valence-electron chi connectivity index (χ2n) is 6.40. The molecule has 1 atom stereocenters. The Kier molecular flexibility index (Phi) is 4.61. The van der Waals surface area contributed by atoms with Crippen molar-refractivity contribution in [3.63, 3.8) is 0 Å². The number of likely N-dealkylation sites (tertiary alicyclic amines) is 1. The standard InChI is InChI=1S/C15H26N2O2/c1-15(14(19)16-2)8-9-17(11-15)10-13(18)12-6-4-3-5-7-12/h12H,3-11H2,1-2H3,(H,16,19). The van der Waals surface area contributed by atoms with Crippen LogP contribution in [0.5, 0.6) is 0 Å². The highest BCUT2D eigenvalue weighted by Crippen LogP contribution is 2.31. The summed E-state index contributed by atoms with van der Waals surface area (Å²) in [5, 5.41) is 2.73. The average molecular weight is 266 g/mol. The van der Waals surface area contributed by atoms with Crippen LogP contribution in [0.1, 0.15) is 45.4 Å². The molecule has 0 aromatic carbocycles. The van der Waals surface area contributed by atoms with Gasteiger partial charge in [-0.3, -0.25) is 14.5 Å². The molecular weight excluding hydrogens is 240 g/mol. The third-order valence-electron chi connectivity index (χ3n) is 4.77. The lowest BCUT2D eigenvalue weighted by atomic mass is 9.86. The predicted octanol–water partition coefficient (Wildman–Crippen LogP) is 1.59. The zero-order valence-corrected chi connectivity index (χ0v) is 12.2. The zero-order chi connectivity index (χ0) is 13.9. The Morgan fingerprint density at radius 2 is 1.95 bits per heavy atom. The third-order valence-corrected chi connectivity index (χ3v) is 4.77. The summed E-state index contributed by atoms with van der Waals surface area (Å²) in [6.45, 7) is 4.11. The fourth-order valence-electron chi connectivity index (χ4n) is 3.45. The number of hydrogen-bond donors (Lipinski definition) is 1. The Labute approximate surface area is 115 Å². The second-order valence-corrected chi connectivity index (χ2v) is 6.40. The number of carbonyl (C=O) groups is 2. The van der Waals surface area contributed by atoms with Crippen molar-refractivity contribution < 1.29 is 9.59 Å². The maximum atomic E-state index is 12.3. The molecule has 0 bridgehead atoms. The molecule has 1 heterocycles. The average Bonchev–Trinajstić information content (AvgIpc) is 2.81. The second kappa shape index (κ2) is 6.04. The van der Waals surface area contributed by atoms with Gasteiger partial charge in [0.25, 0.3) is 0 Å². The predicted molar refractivity (Wildman–Crippen MR) is 74.8 cm³/mol. The van der Waals surface area contributed by atoms with Gasteiger partial charge in [-0.2, -0.15) is 0 Å². The normalized spacial score (nSPS) is 29.4. The lowest BCUT2D eigenvalue weighted by Gasteiger charge is -2.25. The third kappa shape index (κ3) is 3.35. The van der Waals surface area contributed by atoms with Crippen LogP contribution in [0.2, 0.25) is 0 Å². The van der Waals surface area contributed by atoms with Crippen LogP contribution in [0.25, 0.3) is 0 Å². The van der Waals surface area contributed by atoms with Gasteiger partial charge in [0.1, 0.15) is 5.78 Å². The van der Waals surface area contributed by atoms with Crippen molar-refractivity contribution in [1.82, 2.24) is 10.2 Å². The van der Waals surface area contributed by atoms with E-state index in [1.54, 1.807) is 7.05 Å². The molecule has 0 aromatic rings. The largest absolute Gasteiger partial charge is 0.359 e. The van der Waals surface area contributed by atoms with Crippen LogP contribution in [-0.2, 0) is 9.59 Å². The van der Waals surface area contributed by atoms with Gasteiger partial charge in [0.05, 0.1) is 12.0 Å². The van der Waals surface area contributed by atoms with E-state index in [1.807, 2.05) is 6.92 Å². The number of nitrogens with one attached hydrogen (secondary N) is 1. The van der Waals surface area contributed by atoms with Crippen molar-refractivity contribution in [3.8, 4) is 0 Å². The molecule has 0 spiro atoms. The molecule has 4 nitrogen and oxygen atoms in total. The van der Waals surface area contributed by atoms with Crippen LogP contribution in [0.15, 0.2) is 0 Å². The fourth-order valence-corrected chi connectivity index (χ4v) is 3.45. The zero-order valence-electron chi connectivity index (χ0n) is 12.2. The summed E-state index contributed by atoms with van der Waals surface area (Å²) in [4.78, 5) is 26.3. The SMILES string of the molecule is CNC(=O)C1(C)CCN(CC(=O)C2CCCCC2)C1. The van der Waals surface area contributed by atoms with E-state index in [1.165, 1.54) is 19.3 Å². The number of hydrogen-bond acceptors (Lipinski definition) is 3. The number of nitrogens with zero attached hydrogens (tertiary/aromatic N) is 1. The molecule has 0 radical (unpaired) electrons. The minimum absolute atomic E-state index is 0.0973. The number of ketones is 1. The van der Waals surface area contributed by atoms with Gasteiger partial charge in [0.15, 0.2) is 0 Å². The van der Waals surface area contributed by atoms with E-state index >= 15 is 0 Å². The van der Waals surface area contributed by atoms with Gasteiger partial charge in [-0.1, -0.05) is 19.3 Å². The summed E-state index contributed by atoms with van der Waals surface area (Å²) in [6.07, 6.45) is 6.67. The van der Waals surface area contributed by atoms with E-state index in [-0.39, 0.29) is 17.2 Å². The van der Waals surface area contributed by atoms with Crippen LogP contribution in [0, 0.1) is 11.3 Å². The fraction of sp³-hybridized carbons (Fsp3) is 0.867. The first kappa shape index (κ1) is 14.5. The van der Waals surface area contributed by atoms with Crippen molar-refractivity contribution >= 4 is 11.7 Å². The van der Waals surface area contributed by atoms with Gasteiger partial charge < -0.3 is 5.32 Å². The number of amides is 1. The van der Waals surface area contributed by atoms with E-state index in [2.05, 4.69) is 10.2 Å². The Balaban J connectivity index is 1.84. The Morgan fingerprint density at radius 1 is 1.26 bits per heavy atom. The quantitative estimate of drug-likeness (QED) is 0.840. The van der Waals surface area contributed by atoms with E-state index in [4.69, 9.17) is 0 Å². The number of Topliss-reactive ketones (excluding diaryl/α,β-unsaturated/α-hetero) is 1. The van der Waals surface area contributed by atoms with Crippen LogP contribution < -0.4 is 5.32 Å². The summed E-state index contributed by atoms with van der Waals surface area (Å²) in [6, 6.07) is 0. The smallest absolute Gasteiger partial charge is 0.227 e. The highest BCUT2D eigenvalue weighted by atomic mass is 16.2. The lowest BCUT2D eigenvalue weighted by Crippen LogP contribution is -2.40. The summed E-state index contributed by atoms with van der Waals surface area (Å²) >= 11 is 0. The van der Waals surface area contributed by atoms with Gasteiger partial charge in [0, 0.05) is 19.5 Å². The molecule has 4 heteroatoms. The molecule has 1 aliphatic carbocycles. The van der Waals surface area contributed by atoms with Gasteiger partial charge in [-0.05, 0) is 32.7 Å². The molecule has 2 fully saturated rings. The first-order chi connectivity index (χ1) is 9.05. The highest BCUT2D eigenvalue weighted by molar-refractivity contribution is 5.84. The van der Waals surface area contributed by atoms with Crippen molar-refractivity contribution in [2.45, 2.75) is 45.4 Å². The highest BCUT2D eigenvalue weighted by Gasteiger charge is 2.40. The van der Waals surface area contributed by atoms with Crippen molar-refractivity contribution in [3.05, 3.63) is 0 Å². The first-order valence-electron chi connectivity index (χ1n) is 7.52. The Hall–Kier alpha value is -0.900. The van der Waals surface area contributed by atoms with Crippen molar-refractivity contribution in [1.29, 1.82) is 0 Å². The van der Waals surface area contributed by atoms with Crippen LogP contribution >= 0.6 is 0 Å². The first-order valence-corrected chi connectivity index (χ1v) is 7.52. The van der Waals surface area contributed by atoms with Crippen LogP contribution in [-0.4, -0.2) is 43.3 Å². The number of carbonyl (C=O) groups excluding carboxylic acids is 2. The summed E-state index contributed by atoms with van der Waals surface area (Å²) in [7, 11) is 1.68. The Bertz CT molecular complexity index is 350. The molecule has 108 valence electrons. The molecule has 1 unspecified atom stereocenters. The topological polar surface area (TPSA) is 49.4 Å². The molecule has 1 saturated heterocycles. The molecular formula is C15H26N2O2. The maximum absolute atomic E-state index is 12.3. The van der Waals surface area contributed by atoms with E-state index < -0.39 is 0 Å². The number of rotatable bonds is 4. The van der Waals surface area contributed by atoms with Gasteiger partial charge in [-0.15, -0.1) is 0 Å². The molecule has 1 N–H and O–H groups in total. The van der Waals surface area contributed by atoms with Gasteiger partial charge >= 0.3 is 0 Å². The summed E-state index contributed by atoms with van der Waals surface area (Å²) < 4.78 is 0. The molecule has 1 saturated carbocycles. The molecule has 2 aliphatic rings. The van der Waals surface area contributed by atoms with E-state index in [9.17, 15) is 9.59 Å². The minimum atomic E-state index is -0.318. The van der Waals surface area contributed by atoms with Gasteiger partial charge in [-0.25, -0.2) is 0 Å². The van der Waals surface area contributed by atoms with E-state index in [0.717, 1.165) is 25.8 Å². The summed E-state index contributed by atoms with van der Waals surface area (Å²) in [5.41, 5.74) is -0.318. The van der Waals surface area contributed by atoms with Gasteiger partial charge in [0.2, 0.25) is 5.91 Å².